The highest BCUT2D eigenvalue weighted by atomic mass is 16.5. The van der Waals surface area contributed by atoms with Crippen molar-refractivity contribution in [1.29, 1.82) is 0 Å². The highest BCUT2D eigenvalue weighted by Gasteiger charge is 2.07. The summed E-state index contributed by atoms with van der Waals surface area (Å²) >= 11 is 0. The van der Waals surface area contributed by atoms with Crippen molar-refractivity contribution < 1.29 is 24.5 Å². The van der Waals surface area contributed by atoms with Gasteiger partial charge < -0.3 is 14.9 Å². The molecule has 3 rings (SSSR count). The SMILES string of the molecule is O=C(C=Cc1ccc(O)cc1O)Oc1ccccc1C=NNC(=O)c1ccncc1. The molecule has 0 bridgehead atoms. The smallest absolute Gasteiger partial charge is 0.336 e. The fourth-order valence-electron chi connectivity index (χ4n) is 2.38. The lowest BCUT2D eigenvalue weighted by Gasteiger charge is -2.05. The van der Waals surface area contributed by atoms with E-state index >= 15 is 0 Å². The molecular weight excluding hydrogens is 386 g/mol. The average Bonchev–Trinajstić information content (AvgIpc) is 2.75. The van der Waals surface area contributed by atoms with Crippen LogP contribution in [0.4, 0.5) is 0 Å². The quantitative estimate of drug-likeness (QED) is 0.191. The molecule has 2 aromatic carbocycles. The number of nitrogens with zero attached hydrogens (tertiary/aromatic N) is 2. The predicted molar refractivity (Wildman–Crippen MR) is 110 cm³/mol. The highest BCUT2D eigenvalue weighted by molar-refractivity contribution is 5.95. The van der Waals surface area contributed by atoms with E-state index < -0.39 is 11.9 Å². The van der Waals surface area contributed by atoms with Gasteiger partial charge in [-0.25, -0.2) is 10.2 Å². The summed E-state index contributed by atoms with van der Waals surface area (Å²) in [4.78, 5) is 27.9. The minimum absolute atomic E-state index is 0.0866. The van der Waals surface area contributed by atoms with Crippen LogP contribution in [0.15, 0.2) is 78.2 Å². The predicted octanol–water partition coefficient (Wildman–Crippen LogP) is 2.88. The number of amides is 1. The minimum atomic E-state index is -0.677. The number of ether oxygens (including phenoxy) is 1. The van der Waals surface area contributed by atoms with Crippen molar-refractivity contribution in [2.45, 2.75) is 0 Å². The first kappa shape index (κ1) is 20.3. The van der Waals surface area contributed by atoms with Crippen LogP contribution >= 0.6 is 0 Å². The van der Waals surface area contributed by atoms with E-state index in [9.17, 15) is 19.8 Å². The van der Waals surface area contributed by atoms with Gasteiger partial charge in [-0.1, -0.05) is 12.1 Å². The van der Waals surface area contributed by atoms with Crippen molar-refractivity contribution in [1.82, 2.24) is 10.4 Å². The van der Waals surface area contributed by atoms with Gasteiger partial charge in [-0.2, -0.15) is 5.10 Å². The van der Waals surface area contributed by atoms with Crippen molar-refractivity contribution in [2.75, 3.05) is 0 Å². The largest absolute Gasteiger partial charge is 0.508 e. The Bertz CT molecular complexity index is 1110. The van der Waals surface area contributed by atoms with Crippen LogP contribution in [0.2, 0.25) is 0 Å². The first-order valence-electron chi connectivity index (χ1n) is 8.77. The molecule has 1 aromatic heterocycles. The van der Waals surface area contributed by atoms with E-state index in [1.165, 1.54) is 36.8 Å². The standard InChI is InChI=1S/C22H17N3O5/c26-18-7-5-15(19(27)13-18)6-8-21(28)30-20-4-2-1-3-17(20)14-24-25-22(29)16-9-11-23-12-10-16/h1-14,26-27H,(H,25,29). The average molecular weight is 403 g/mol. The van der Waals surface area contributed by atoms with E-state index in [2.05, 4.69) is 15.5 Å². The van der Waals surface area contributed by atoms with Crippen molar-refractivity contribution in [3.05, 3.63) is 89.8 Å². The topological polar surface area (TPSA) is 121 Å². The number of phenolic OH excluding ortho intramolecular Hbond substituents is 2. The second-order valence-corrected chi connectivity index (χ2v) is 5.97. The third kappa shape index (κ3) is 5.52. The summed E-state index contributed by atoms with van der Waals surface area (Å²) in [5.74, 6) is -1.10. The first-order valence-corrected chi connectivity index (χ1v) is 8.77. The van der Waals surface area contributed by atoms with Gasteiger partial charge in [-0.05, 0) is 42.5 Å². The summed E-state index contributed by atoms with van der Waals surface area (Å²) in [6.07, 6.45) is 6.86. The number of carbonyl (C=O) groups excluding carboxylic acids is 2. The molecule has 3 N–H and O–H groups in total. The summed E-state index contributed by atoms with van der Waals surface area (Å²) in [5, 5.41) is 22.9. The number of pyridine rings is 1. The zero-order chi connectivity index (χ0) is 21.3. The number of carbonyl (C=O) groups is 2. The molecule has 0 atom stereocenters. The number of aromatic hydroxyl groups is 2. The second kappa shape index (κ2) is 9.65. The zero-order valence-corrected chi connectivity index (χ0v) is 15.6. The number of esters is 1. The van der Waals surface area contributed by atoms with Gasteiger partial charge >= 0.3 is 5.97 Å². The summed E-state index contributed by atoms with van der Waals surface area (Å²) in [7, 11) is 0. The van der Waals surface area contributed by atoms with E-state index in [0.717, 1.165) is 12.1 Å². The third-order valence-electron chi connectivity index (χ3n) is 3.85. The molecule has 8 heteroatoms. The number of hydrazone groups is 1. The van der Waals surface area contributed by atoms with Gasteiger partial charge in [0.25, 0.3) is 5.91 Å². The molecule has 150 valence electrons. The number of rotatable bonds is 6. The molecule has 0 saturated heterocycles. The lowest BCUT2D eigenvalue weighted by atomic mass is 10.2. The van der Waals surface area contributed by atoms with E-state index in [-0.39, 0.29) is 17.2 Å². The van der Waals surface area contributed by atoms with Crippen molar-refractivity contribution >= 4 is 24.2 Å². The molecule has 0 radical (unpaired) electrons. The summed E-state index contributed by atoms with van der Waals surface area (Å²) in [5.41, 5.74) is 3.61. The summed E-state index contributed by atoms with van der Waals surface area (Å²) in [6.45, 7) is 0. The van der Waals surface area contributed by atoms with E-state index in [1.807, 2.05) is 0 Å². The molecule has 1 amide bonds. The number of para-hydroxylation sites is 1. The maximum atomic E-state index is 12.1. The van der Waals surface area contributed by atoms with E-state index in [4.69, 9.17) is 4.74 Å². The lowest BCUT2D eigenvalue weighted by molar-refractivity contribution is -0.128. The van der Waals surface area contributed by atoms with Gasteiger partial charge in [0.15, 0.2) is 0 Å². The van der Waals surface area contributed by atoms with E-state index in [0.29, 0.717) is 16.7 Å². The Morgan fingerprint density at radius 1 is 1.00 bits per heavy atom. The molecule has 8 nitrogen and oxygen atoms in total. The number of nitrogens with one attached hydrogen (secondary N) is 1. The van der Waals surface area contributed by atoms with Gasteiger partial charge in [-0.15, -0.1) is 0 Å². The number of hydrogen-bond acceptors (Lipinski definition) is 7. The molecule has 0 aliphatic carbocycles. The third-order valence-corrected chi connectivity index (χ3v) is 3.85. The van der Waals surface area contributed by atoms with Gasteiger partial charge in [0.2, 0.25) is 0 Å². The molecule has 0 spiro atoms. The normalized spacial score (nSPS) is 10.9. The lowest BCUT2D eigenvalue weighted by Crippen LogP contribution is -2.17. The Kier molecular flexibility index (Phi) is 6.52. The summed E-state index contributed by atoms with van der Waals surface area (Å²) in [6, 6.07) is 13.8. The Morgan fingerprint density at radius 2 is 1.77 bits per heavy atom. The molecule has 0 aliphatic rings. The molecule has 0 unspecified atom stereocenters. The summed E-state index contributed by atoms with van der Waals surface area (Å²) < 4.78 is 5.30. The van der Waals surface area contributed by atoms with Crippen LogP contribution in [0.3, 0.4) is 0 Å². The molecule has 0 aliphatic heterocycles. The molecule has 1 heterocycles. The Morgan fingerprint density at radius 3 is 2.53 bits per heavy atom. The highest BCUT2D eigenvalue weighted by Crippen LogP contribution is 2.23. The van der Waals surface area contributed by atoms with Gasteiger partial charge in [-0.3, -0.25) is 9.78 Å². The molecule has 0 saturated carbocycles. The van der Waals surface area contributed by atoms with Crippen molar-refractivity contribution in [3.63, 3.8) is 0 Å². The maximum absolute atomic E-state index is 12.1. The van der Waals surface area contributed by atoms with Crippen LogP contribution in [-0.2, 0) is 4.79 Å². The number of benzene rings is 2. The van der Waals surface area contributed by atoms with Crippen LogP contribution in [-0.4, -0.2) is 33.3 Å². The number of hydrogen-bond donors (Lipinski definition) is 3. The molecule has 30 heavy (non-hydrogen) atoms. The second-order valence-electron chi connectivity index (χ2n) is 5.97. The molecular formula is C22H17N3O5. The Balaban J connectivity index is 1.65. The Hall–Kier alpha value is -4.46. The fourth-order valence-corrected chi connectivity index (χ4v) is 2.38. The van der Waals surface area contributed by atoms with Crippen molar-refractivity contribution in [3.8, 4) is 17.2 Å². The fraction of sp³-hybridized carbons (Fsp3) is 0. The van der Waals surface area contributed by atoms with Gasteiger partial charge in [0, 0.05) is 41.2 Å². The van der Waals surface area contributed by atoms with E-state index in [1.54, 1.807) is 36.4 Å². The minimum Gasteiger partial charge on any atom is -0.508 e. The number of phenols is 2. The monoisotopic (exact) mass is 403 g/mol. The van der Waals surface area contributed by atoms with Crippen LogP contribution < -0.4 is 10.2 Å². The van der Waals surface area contributed by atoms with Gasteiger partial charge in [0.05, 0.1) is 6.21 Å². The van der Waals surface area contributed by atoms with Crippen LogP contribution in [0, 0.1) is 0 Å². The van der Waals surface area contributed by atoms with Crippen LogP contribution in [0.25, 0.3) is 6.08 Å². The van der Waals surface area contributed by atoms with Crippen molar-refractivity contribution in [2.24, 2.45) is 5.10 Å². The number of aromatic nitrogens is 1. The molecule has 0 fully saturated rings. The zero-order valence-electron chi connectivity index (χ0n) is 15.6. The molecule has 3 aromatic rings. The maximum Gasteiger partial charge on any atom is 0.336 e. The van der Waals surface area contributed by atoms with Crippen LogP contribution in [0.1, 0.15) is 21.5 Å². The first-order chi connectivity index (χ1) is 14.5. The Labute approximate surface area is 171 Å². The van der Waals surface area contributed by atoms with Gasteiger partial charge in [0.1, 0.15) is 17.2 Å². The van der Waals surface area contributed by atoms with Crippen LogP contribution in [0.5, 0.6) is 17.2 Å².